The number of carbonyl (C=O) groups excluding carboxylic acids is 2. The first-order valence-electron chi connectivity index (χ1n) is 9.31. The summed E-state index contributed by atoms with van der Waals surface area (Å²) in [6.07, 6.45) is 1.58. The first kappa shape index (κ1) is 20.3. The Morgan fingerprint density at radius 2 is 1.90 bits per heavy atom. The van der Waals surface area contributed by atoms with Crippen molar-refractivity contribution in [3.8, 4) is 5.75 Å². The van der Waals surface area contributed by atoms with Crippen molar-refractivity contribution in [1.29, 1.82) is 0 Å². The van der Waals surface area contributed by atoms with Gasteiger partial charge in [0.15, 0.2) is 5.11 Å². The summed E-state index contributed by atoms with van der Waals surface area (Å²) in [4.78, 5) is 27.3. The van der Waals surface area contributed by atoms with Gasteiger partial charge in [-0.1, -0.05) is 52.3 Å². The number of rotatable bonds is 4. The Hall–Kier alpha value is -3.03. The van der Waals surface area contributed by atoms with Crippen molar-refractivity contribution in [2.45, 2.75) is 6.92 Å². The maximum Gasteiger partial charge on any atom is 0.270 e. The predicted octanol–water partition coefficient (Wildman–Crippen LogP) is 4.83. The standard InChI is InChI=1S/C23H17BrN2O3S/c1-2-29-20-11-10-14-6-3-4-9-17(14)18(20)13-19-21(27)25-23(30)26(22(19)28)16-8-5-7-15(24)12-16/h3-13H,2H2,1H3,(H,25,27,30)/b19-13-. The molecule has 1 aliphatic rings. The fourth-order valence-corrected chi connectivity index (χ4v) is 4.03. The molecule has 1 heterocycles. The van der Waals surface area contributed by atoms with Crippen molar-refractivity contribution in [3.63, 3.8) is 0 Å². The highest BCUT2D eigenvalue weighted by molar-refractivity contribution is 9.10. The number of carbonyl (C=O) groups is 2. The molecule has 1 fully saturated rings. The number of anilines is 1. The topological polar surface area (TPSA) is 58.6 Å². The SMILES string of the molecule is CCOc1ccc2ccccc2c1/C=C1/C(=O)NC(=S)N(c2cccc(Br)c2)C1=O. The van der Waals surface area contributed by atoms with Crippen LogP contribution in [-0.2, 0) is 9.59 Å². The molecule has 0 spiro atoms. The van der Waals surface area contributed by atoms with Crippen molar-refractivity contribution < 1.29 is 14.3 Å². The Balaban J connectivity index is 1.87. The fraction of sp³-hybridized carbons (Fsp3) is 0.0870. The molecule has 4 rings (SSSR count). The molecule has 3 aromatic rings. The second-order valence-corrected chi connectivity index (χ2v) is 7.87. The number of hydrogen-bond acceptors (Lipinski definition) is 4. The van der Waals surface area contributed by atoms with E-state index in [1.165, 1.54) is 4.90 Å². The van der Waals surface area contributed by atoms with Crippen LogP contribution in [0.2, 0.25) is 0 Å². The van der Waals surface area contributed by atoms with Gasteiger partial charge in [0.2, 0.25) is 0 Å². The number of nitrogens with one attached hydrogen (secondary N) is 1. The molecule has 3 aromatic carbocycles. The van der Waals surface area contributed by atoms with Gasteiger partial charge in [0.1, 0.15) is 11.3 Å². The van der Waals surface area contributed by atoms with Crippen LogP contribution in [0, 0.1) is 0 Å². The third-order valence-corrected chi connectivity index (χ3v) is 5.47. The Kier molecular flexibility index (Phi) is 5.65. The highest BCUT2D eigenvalue weighted by Gasteiger charge is 2.34. The van der Waals surface area contributed by atoms with Crippen molar-refractivity contribution >= 4 is 67.6 Å². The summed E-state index contributed by atoms with van der Waals surface area (Å²) in [5.41, 5.74) is 1.23. The molecule has 0 aliphatic carbocycles. The molecule has 0 saturated carbocycles. The number of benzene rings is 3. The Morgan fingerprint density at radius 3 is 2.67 bits per heavy atom. The molecule has 0 unspecified atom stereocenters. The maximum absolute atomic E-state index is 13.3. The van der Waals surface area contributed by atoms with E-state index in [0.29, 0.717) is 23.6 Å². The lowest BCUT2D eigenvalue weighted by molar-refractivity contribution is -0.122. The van der Waals surface area contributed by atoms with Gasteiger partial charge in [-0.3, -0.25) is 19.8 Å². The van der Waals surface area contributed by atoms with Crippen LogP contribution in [0.25, 0.3) is 16.8 Å². The lowest BCUT2D eigenvalue weighted by atomic mass is 9.99. The molecular weight excluding hydrogens is 464 g/mol. The van der Waals surface area contributed by atoms with E-state index in [1.807, 2.05) is 49.4 Å². The molecule has 1 saturated heterocycles. The third-order valence-electron chi connectivity index (χ3n) is 4.69. The summed E-state index contributed by atoms with van der Waals surface area (Å²) < 4.78 is 6.57. The van der Waals surface area contributed by atoms with E-state index >= 15 is 0 Å². The van der Waals surface area contributed by atoms with Crippen molar-refractivity contribution in [3.05, 3.63) is 76.3 Å². The summed E-state index contributed by atoms with van der Waals surface area (Å²) in [5, 5.41) is 4.54. The van der Waals surface area contributed by atoms with Crippen molar-refractivity contribution in [2.75, 3.05) is 11.5 Å². The minimum atomic E-state index is -0.536. The average molecular weight is 481 g/mol. The first-order chi connectivity index (χ1) is 14.5. The van der Waals surface area contributed by atoms with Crippen LogP contribution >= 0.6 is 28.1 Å². The van der Waals surface area contributed by atoms with Crippen LogP contribution < -0.4 is 15.0 Å². The van der Waals surface area contributed by atoms with Crippen LogP contribution in [0.15, 0.2) is 70.7 Å². The van der Waals surface area contributed by atoms with E-state index < -0.39 is 11.8 Å². The minimum Gasteiger partial charge on any atom is -0.493 e. The number of hydrogen-bond donors (Lipinski definition) is 1. The molecule has 1 aliphatic heterocycles. The fourth-order valence-electron chi connectivity index (χ4n) is 3.36. The highest BCUT2D eigenvalue weighted by Crippen LogP contribution is 2.32. The van der Waals surface area contributed by atoms with Crippen LogP contribution in [0.5, 0.6) is 5.75 Å². The van der Waals surface area contributed by atoms with E-state index in [-0.39, 0.29) is 10.7 Å². The Bertz CT molecular complexity index is 1220. The number of amides is 2. The van der Waals surface area contributed by atoms with Gasteiger partial charge in [0.05, 0.1) is 12.3 Å². The number of halogens is 1. The van der Waals surface area contributed by atoms with E-state index in [2.05, 4.69) is 21.2 Å². The van der Waals surface area contributed by atoms with Crippen LogP contribution in [0.4, 0.5) is 5.69 Å². The summed E-state index contributed by atoms with van der Waals surface area (Å²) in [6, 6.07) is 18.7. The number of nitrogens with zero attached hydrogens (tertiary/aromatic N) is 1. The van der Waals surface area contributed by atoms with Gasteiger partial charge in [0.25, 0.3) is 11.8 Å². The zero-order valence-corrected chi connectivity index (χ0v) is 18.4. The van der Waals surface area contributed by atoms with Crippen molar-refractivity contribution in [1.82, 2.24) is 5.32 Å². The van der Waals surface area contributed by atoms with E-state index in [0.717, 1.165) is 15.2 Å². The smallest absolute Gasteiger partial charge is 0.270 e. The van der Waals surface area contributed by atoms with Crippen LogP contribution in [0.3, 0.4) is 0 Å². The van der Waals surface area contributed by atoms with E-state index in [1.54, 1.807) is 24.3 Å². The van der Waals surface area contributed by atoms with Gasteiger partial charge < -0.3 is 4.74 Å². The number of thiocarbonyl (C=S) groups is 1. The lowest BCUT2D eigenvalue weighted by Gasteiger charge is -2.29. The molecule has 7 heteroatoms. The summed E-state index contributed by atoms with van der Waals surface area (Å²) >= 11 is 8.68. The zero-order valence-electron chi connectivity index (χ0n) is 16.0. The van der Waals surface area contributed by atoms with Gasteiger partial charge in [0, 0.05) is 10.0 Å². The predicted molar refractivity (Wildman–Crippen MR) is 125 cm³/mol. The van der Waals surface area contributed by atoms with E-state index in [4.69, 9.17) is 17.0 Å². The zero-order chi connectivity index (χ0) is 21.3. The van der Waals surface area contributed by atoms with Gasteiger partial charge in [-0.05, 0) is 60.3 Å². The van der Waals surface area contributed by atoms with Crippen LogP contribution in [-0.4, -0.2) is 23.5 Å². The molecule has 1 N–H and O–H groups in total. The summed E-state index contributed by atoms with van der Waals surface area (Å²) in [5.74, 6) is -0.421. The molecule has 0 atom stereocenters. The molecule has 2 amide bonds. The maximum atomic E-state index is 13.3. The van der Waals surface area contributed by atoms with Gasteiger partial charge >= 0.3 is 0 Å². The normalized spacial score (nSPS) is 15.6. The second-order valence-electron chi connectivity index (χ2n) is 6.57. The molecule has 0 bridgehead atoms. The third kappa shape index (κ3) is 3.74. The van der Waals surface area contributed by atoms with E-state index in [9.17, 15) is 9.59 Å². The first-order valence-corrected chi connectivity index (χ1v) is 10.5. The average Bonchev–Trinajstić information content (AvgIpc) is 2.72. The van der Waals surface area contributed by atoms with Crippen molar-refractivity contribution in [2.24, 2.45) is 0 Å². The molecule has 5 nitrogen and oxygen atoms in total. The molecule has 150 valence electrons. The summed E-state index contributed by atoms with van der Waals surface area (Å²) in [7, 11) is 0. The molecule has 0 aromatic heterocycles. The molecule has 30 heavy (non-hydrogen) atoms. The Morgan fingerprint density at radius 1 is 1.10 bits per heavy atom. The molecular formula is C23H17BrN2O3S. The second kappa shape index (κ2) is 8.38. The number of fused-ring (bicyclic) bond motifs is 1. The largest absolute Gasteiger partial charge is 0.493 e. The van der Waals surface area contributed by atoms with Gasteiger partial charge in [-0.15, -0.1) is 0 Å². The van der Waals surface area contributed by atoms with Crippen LogP contribution in [0.1, 0.15) is 12.5 Å². The van der Waals surface area contributed by atoms with Gasteiger partial charge in [-0.25, -0.2) is 0 Å². The highest BCUT2D eigenvalue weighted by atomic mass is 79.9. The monoisotopic (exact) mass is 480 g/mol. The summed E-state index contributed by atoms with van der Waals surface area (Å²) in [6.45, 7) is 2.35. The Labute approximate surface area is 187 Å². The molecule has 0 radical (unpaired) electrons. The number of ether oxygens (including phenoxy) is 1. The minimum absolute atomic E-state index is 0.0131. The lowest BCUT2D eigenvalue weighted by Crippen LogP contribution is -2.54. The van der Waals surface area contributed by atoms with Gasteiger partial charge in [-0.2, -0.15) is 0 Å². The quantitative estimate of drug-likeness (QED) is 0.330.